The summed E-state index contributed by atoms with van der Waals surface area (Å²) in [5, 5.41) is 2.71. The van der Waals surface area contributed by atoms with E-state index in [4.69, 9.17) is 11.6 Å². The number of anilines is 1. The van der Waals surface area contributed by atoms with Crippen LogP contribution in [0.4, 0.5) is 5.69 Å². The number of nitrogens with one attached hydrogen (secondary N) is 1. The van der Waals surface area contributed by atoms with Crippen LogP contribution in [0.5, 0.6) is 0 Å². The van der Waals surface area contributed by atoms with Gasteiger partial charge >= 0.3 is 0 Å². The maximum Gasteiger partial charge on any atom is 0.239 e. The molecule has 0 saturated carbocycles. The van der Waals surface area contributed by atoms with Crippen molar-refractivity contribution in [2.24, 2.45) is 0 Å². The zero-order chi connectivity index (χ0) is 13.5. The summed E-state index contributed by atoms with van der Waals surface area (Å²) in [4.78, 5) is 12.4. The second kappa shape index (κ2) is 7.22. The molecule has 0 aliphatic heterocycles. The molecule has 0 fully saturated rings. The predicted octanol–water partition coefficient (Wildman–Crippen LogP) is 4.16. The van der Waals surface area contributed by atoms with Crippen LogP contribution < -0.4 is 5.32 Å². The molecular formula is C15H14ClNOS. The van der Waals surface area contributed by atoms with Crippen LogP contribution in [-0.2, 0) is 10.5 Å². The first-order chi connectivity index (χ1) is 9.28. The Morgan fingerprint density at radius 2 is 1.74 bits per heavy atom. The lowest BCUT2D eigenvalue weighted by Crippen LogP contribution is -2.12. The first-order valence-electron chi connectivity index (χ1n) is 5.90. The van der Waals surface area contributed by atoms with E-state index in [9.17, 15) is 4.79 Å². The Bertz CT molecular complexity index is 528. The summed E-state index contributed by atoms with van der Waals surface area (Å²) in [7, 11) is 0. The predicted molar refractivity (Wildman–Crippen MR) is 81.8 cm³/mol. The monoisotopic (exact) mass is 291 g/mol. The van der Waals surface area contributed by atoms with Gasteiger partial charge in [-0.1, -0.05) is 30.3 Å². The van der Waals surface area contributed by atoms with Crippen LogP contribution >= 0.6 is 23.4 Å². The van der Waals surface area contributed by atoms with Gasteiger partial charge in [-0.15, -0.1) is 23.4 Å². The van der Waals surface area contributed by atoms with Crippen LogP contribution in [0, 0.1) is 0 Å². The van der Waals surface area contributed by atoms with Gasteiger partial charge in [0.2, 0.25) is 5.91 Å². The average molecular weight is 292 g/mol. The van der Waals surface area contributed by atoms with Crippen molar-refractivity contribution < 1.29 is 4.79 Å². The first-order valence-corrected chi connectivity index (χ1v) is 7.42. The highest BCUT2D eigenvalue weighted by atomic mass is 35.5. The Morgan fingerprint density at radius 3 is 2.37 bits per heavy atom. The van der Waals surface area contributed by atoms with E-state index < -0.39 is 0 Å². The van der Waals surface area contributed by atoms with Crippen molar-refractivity contribution in [3.8, 4) is 0 Å². The number of hydrogen-bond acceptors (Lipinski definition) is 2. The molecule has 98 valence electrons. The number of alkyl halides is 1. The van der Waals surface area contributed by atoms with Gasteiger partial charge in [0.15, 0.2) is 0 Å². The van der Waals surface area contributed by atoms with Crippen molar-refractivity contribution in [3.63, 3.8) is 0 Å². The molecule has 0 aliphatic carbocycles. The molecule has 0 unspecified atom stereocenters. The fourth-order valence-corrected chi connectivity index (χ4v) is 2.50. The number of amides is 1. The van der Waals surface area contributed by atoms with Crippen molar-refractivity contribution >= 4 is 35.0 Å². The molecule has 0 atom stereocenters. The minimum absolute atomic E-state index is 0.0222. The van der Waals surface area contributed by atoms with E-state index in [2.05, 4.69) is 17.4 Å². The van der Waals surface area contributed by atoms with Crippen LogP contribution in [0.3, 0.4) is 0 Å². The van der Waals surface area contributed by atoms with Crippen LogP contribution in [0.2, 0.25) is 0 Å². The topological polar surface area (TPSA) is 29.1 Å². The van der Waals surface area contributed by atoms with Crippen molar-refractivity contribution in [2.45, 2.75) is 10.6 Å². The number of thioether (sulfide) groups is 1. The first kappa shape index (κ1) is 14.0. The second-order valence-corrected chi connectivity index (χ2v) is 5.30. The third-order valence-corrected chi connectivity index (χ3v) is 3.83. The number of halogens is 1. The smallest absolute Gasteiger partial charge is 0.239 e. The number of hydrogen-bond donors (Lipinski definition) is 1. The second-order valence-electron chi connectivity index (χ2n) is 3.98. The van der Waals surface area contributed by atoms with Crippen LogP contribution in [0.1, 0.15) is 5.56 Å². The normalized spacial score (nSPS) is 10.2. The molecule has 0 saturated heterocycles. The molecular weight excluding hydrogens is 278 g/mol. The van der Waals surface area contributed by atoms with Gasteiger partial charge in [-0.3, -0.25) is 4.79 Å². The zero-order valence-corrected chi connectivity index (χ0v) is 11.9. The molecule has 2 aromatic carbocycles. The number of rotatable bonds is 5. The van der Waals surface area contributed by atoms with E-state index in [1.165, 1.54) is 10.5 Å². The van der Waals surface area contributed by atoms with Gasteiger partial charge in [0.05, 0.1) is 0 Å². The summed E-state index contributed by atoms with van der Waals surface area (Å²) in [5.41, 5.74) is 2.00. The molecule has 0 bridgehead atoms. The highest BCUT2D eigenvalue weighted by Crippen LogP contribution is 2.22. The molecule has 0 aromatic heterocycles. The third-order valence-electron chi connectivity index (χ3n) is 2.51. The fraction of sp³-hybridized carbons (Fsp3) is 0.133. The van der Waals surface area contributed by atoms with E-state index in [1.807, 2.05) is 42.5 Å². The Kier molecular flexibility index (Phi) is 5.31. The Labute approximate surface area is 122 Å². The van der Waals surface area contributed by atoms with Gasteiger partial charge in [0, 0.05) is 16.3 Å². The van der Waals surface area contributed by atoms with Gasteiger partial charge in [-0.2, -0.15) is 0 Å². The average Bonchev–Trinajstić information content (AvgIpc) is 2.47. The summed E-state index contributed by atoms with van der Waals surface area (Å²) in [6.45, 7) is 0. The molecule has 0 spiro atoms. The maximum absolute atomic E-state index is 11.1. The number of carbonyl (C=O) groups is 1. The van der Waals surface area contributed by atoms with Crippen LogP contribution in [0.25, 0.3) is 0 Å². The molecule has 2 nitrogen and oxygen atoms in total. The lowest BCUT2D eigenvalue weighted by molar-refractivity contribution is -0.113. The molecule has 2 aromatic rings. The fourth-order valence-electron chi connectivity index (χ4n) is 1.56. The van der Waals surface area contributed by atoms with Crippen LogP contribution in [0.15, 0.2) is 59.5 Å². The largest absolute Gasteiger partial charge is 0.325 e. The van der Waals surface area contributed by atoms with E-state index in [0.29, 0.717) is 0 Å². The van der Waals surface area contributed by atoms with Crippen molar-refractivity contribution in [3.05, 3.63) is 60.2 Å². The van der Waals surface area contributed by atoms with E-state index in [0.717, 1.165) is 11.4 Å². The van der Waals surface area contributed by atoms with Gasteiger partial charge in [0.1, 0.15) is 5.88 Å². The highest BCUT2D eigenvalue weighted by molar-refractivity contribution is 7.98. The van der Waals surface area contributed by atoms with Crippen molar-refractivity contribution in [2.75, 3.05) is 11.2 Å². The minimum Gasteiger partial charge on any atom is -0.325 e. The molecule has 4 heteroatoms. The van der Waals surface area contributed by atoms with Gasteiger partial charge < -0.3 is 5.32 Å². The van der Waals surface area contributed by atoms with E-state index in [-0.39, 0.29) is 11.8 Å². The van der Waals surface area contributed by atoms with Crippen LogP contribution in [-0.4, -0.2) is 11.8 Å². The standard InChI is InChI=1S/C15H14ClNOS/c16-10-15(18)17-13-8-6-12(7-9-13)11-19-14-4-2-1-3-5-14/h1-9H,10-11H2,(H,17,18). The minimum atomic E-state index is -0.187. The maximum atomic E-state index is 11.1. The van der Waals surface area contributed by atoms with Gasteiger partial charge in [-0.25, -0.2) is 0 Å². The van der Waals surface area contributed by atoms with Gasteiger partial charge in [-0.05, 0) is 29.8 Å². The Morgan fingerprint density at radius 1 is 1.05 bits per heavy atom. The Hall–Kier alpha value is -1.45. The lowest BCUT2D eigenvalue weighted by Gasteiger charge is -2.05. The summed E-state index contributed by atoms with van der Waals surface area (Å²) in [6, 6.07) is 18.1. The van der Waals surface area contributed by atoms with Gasteiger partial charge in [0.25, 0.3) is 0 Å². The summed E-state index contributed by atoms with van der Waals surface area (Å²) in [6.07, 6.45) is 0. The molecule has 1 N–H and O–H groups in total. The molecule has 0 heterocycles. The zero-order valence-electron chi connectivity index (χ0n) is 10.3. The Balaban J connectivity index is 1.90. The summed E-state index contributed by atoms with van der Waals surface area (Å²) < 4.78 is 0. The highest BCUT2D eigenvalue weighted by Gasteiger charge is 2.00. The molecule has 19 heavy (non-hydrogen) atoms. The molecule has 0 aliphatic rings. The van der Waals surface area contributed by atoms with E-state index in [1.54, 1.807) is 11.8 Å². The number of carbonyl (C=O) groups excluding carboxylic acids is 1. The summed E-state index contributed by atoms with van der Waals surface area (Å²) in [5.74, 6) is 0.701. The number of benzene rings is 2. The SMILES string of the molecule is O=C(CCl)Nc1ccc(CSc2ccccc2)cc1. The quantitative estimate of drug-likeness (QED) is 0.662. The third kappa shape index (κ3) is 4.62. The van der Waals surface area contributed by atoms with Crippen molar-refractivity contribution in [1.82, 2.24) is 0 Å². The molecule has 0 radical (unpaired) electrons. The molecule has 2 rings (SSSR count). The van der Waals surface area contributed by atoms with E-state index >= 15 is 0 Å². The lowest BCUT2D eigenvalue weighted by atomic mass is 10.2. The molecule has 1 amide bonds. The van der Waals surface area contributed by atoms with Crippen molar-refractivity contribution in [1.29, 1.82) is 0 Å². The summed E-state index contributed by atoms with van der Waals surface area (Å²) >= 11 is 7.22.